The number of carboxylic acid groups (broad SMARTS) is 1. The summed E-state index contributed by atoms with van der Waals surface area (Å²) in [5.41, 5.74) is 0.868. The van der Waals surface area contributed by atoms with Crippen LogP contribution in [0.3, 0.4) is 0 Å². The molecule has 4 nitrogen and oxygen atoms in total. The molecule has 0 spiro atoms. The molecule has 0 saturated heterocycles. The molecular weight excluding hydrogens is 272 g/mol. The number of aromatic nitrogens is 2. The largest absolute Gasteiger partial charge is 0.478 e. The maximum atomic E-state index is 11.1. The number of nitrogens with zero attached hydrogens (tertiary/aromatic N) is 2. The van der Waals surface area contributed by atoms with Gasteiger partial charge in [0.2, 0.25) is 0 Å². The van der Waals surface area contributed by atoms with E-state index in [2.05, 4.69) is 20.9 Å². The van der Waals surface area contributed by atoms with Crippen LogP contribution in [0.15, 0.2) is 22.9 Å². The van der Waals surface area contributed by atoms with Crippen LogP contribution in [0.4, 0.5) is 0 Å². The Bertz CT molecular complexity index is 560. The molecule has 5 heteroatoms. The second kappa shape index (κ2) is 3.90. The first kappa shape index (κ1) is 11.1. The van der Waals surface area contributed by atoms with Gasteiger partial charge >= 0.3 is 5.97 Å². The van der Waals surface area contributed by atoms with Crippen molar-refractivity contribution in [3.63, 3.8) is 0 Å². The van der Waals surface area contributed by atoms with E-state index in [-0.39, 0.29) is 11.5 Å². The van der Waals surface area contributed by atoms with Crippen LogP contribution in [0.2, 0.25) is 0 Å². The van der Waals surface area contributed by atoms with Crippen molar-refractivity contribution in [2.75, 3.05) is 0 Å². The number of hydrogen-bond donors (Lipinski definition) is 1. The van der Waals surface area contributed by atoms with Gasteiger partial charge in [-0.1, -0.05) is 13.8 Å². The first-order valence-electron chi connectivity index (χ1n) is 4.92. The number of hydrogen-bond acceptors (Lipinski definition) is 2. The molecule has 16 heavy (non-hydrogen) atoms. The Kier molecular flexibility index (Phi) is 2.71. The van der Waals surface area contributed by atoms with Crippen molar-refractivity contribution in [2.45, 2.75) is 19.8 Å². The molecule has 0 fully saturated rings. The fourth-order valence-electron chi connectivity index (χ4n) is 1.70. The van der Waals surface area contributed by atoms with Gasteiger partial charge in [0, 0.05) is 12.1 Å². The van der Waals surface area contributed by atoms with Crippen LogP contribution in [0, 0.1) is 0 Å². The number of pyridine rings is 1. The highest BCUT2D eigenvalue weighted by Crippen LogP contribution is 2.26. The van der Waals surface area contributed by atoms with Gasteiger partial charge in [0.05, 0.1) is 11.1 Å². The number of imidazole rings is 1. The molecule has 0 unspecified atom stereocenters. The molecule has 2 aromatic heterocycles. The van der Waals surface area contributed by atoms with Gasteiger partial charge in [-0.05, 0) is 28.1 Å². The van der Waals surface area contributed by atoms with Crippen LogP contribution < -0.4 is 0 Å². The number of fused-ring (bicyclic) bond motifs is 1. The first-order chi connectivity index (χ1) is 7.52. The number of carboxylic acids is 1. The van der Waals surface area contributed by atoms with Crippen molar-refractivity contribution in [3.8, 4) is 0 Å². The van der Waals surface area contributed by atoms with Crippen LogP contribution in [0.1, 0.15) is 35.9 Å². The van der Waals surface area contributed by atoms with E-state index in [1.165, 1.54) is 0 Å². The number of carbonyl (C=O) groups is 1. The lowest BCUT2D eigenvalue weighted by Crippen LogP contribution is -2.02. The second-order valence-corrected chi connectivity index (χ2v) is 4.61. The van der Waals surface area contributed by atoms with Gasteiger partial charge < -0.3 is 9.51 Å². The molecule has 1 N–H and O–H groups in total. The lowest BCUT2D eigenvalue weighted by atomic mass is 10.2. The number of rotatable bonds is 2. The molecule has 0 aliphatic heterocycles. The molecule has 0 amide bonds. The van der Waals surface area contributed by atoms with Gasteiger partial charge in [-0.25, -0.2) is 9.78 Å². The van der Waals surface area contributed by atoms with E-state index in [1.807, 2.05) is 24.4 Å². The minimum atomic E-state index is -0.943. The van der Waals surface area contributed by atoms with Gasteiger partial charge in [0.15, 0.2) is 0 Å². The molecule has 0 aromatic carbocycles. The Morgan fingerprint density at radius 2 is 2.25 bits per heavy atom. The van der Waals surface area contributed by atoms with E-state index in [1.54, 1.807) is 12.1 Å². The zero-order valence-corrected chi connectivity index (χ0v) is 10.5. The molecule has 0 aliphatic rings. The molecule has 0 radical (unpaired) electrons. The van der Waals surface area contributed by atoms with Crippen molar-refractivity contribution in [1.29, 1.82) is 0 Å². The summed E-state index contributed by atoms with van der Waals surface area (Å²) < 4.78 is 2.40. The topological polar surface area (TPSA) is 54.6 Å². The summed E-state index contributed by atoms with van der Waals surface area (Å²) in [5, 5.41) is 9.09. The zero-order valence-electron chi connectivity index (χ0n) is 8.94. The fourth-order valence-corrected chi connectivity index (χ4v) is 2.28. The summed E-state index contributed by atoms with van der Waals surface area (Å²) in [6.45, 7) is 4.04. The van der Waals surface area contributed by atoms with Crippen molar-refractivity contribution >= 4 is 27.4 Å². The third kappa shape index (κ3) is 1.61. The van der Waals surface area contributed by atoms with E-state index < -0.39 is 5.97 Å². The fraction of sp³-hybridized carbons (Fsp3) is 0.273. The van der Waals surface area contributed by atoms with Crippen LogP contribution in [0.5, 0.6) is 0 Å². The Labute approximate surface area is 101 Å². The summed E-state index contributed by atoms with van der Waals surface area (Å²) in [4.78, 5) is 15.4. The van der Waals surface area contributed by atoms with Gasteiger partial charge in [-0.2, -0.15) is 0 Å². The van der Waals surface area contributed by atoms with Gasteiger partial charge in [0.1, 0.15) is 10.4 Å². The van der Waals surface area contributed by atoms with Gasteiger partial charge in [0.25, 0.3) is 0 Å². The quantitative estimate of drug-likeness (QED) is 0.922. The molecular formula is C11H11BrN2O2. The highest BCUT2D eigenvalue weighted by molar-refractivity contribution is 9.10. The molecule has 2 rings (SSSR count). The second-order valence-electron chi connectivity index (χ2n) is 3.86. The standard InChI is InChI=1S/C11H11BrN2O2/c1-6(2)10-13-9(12)8-7(11(15)16)4-3-5-14(8)10/h3-6H,1-2H3,(H,15,16). The molecule has 0 aliphatic carbocycles. The molecule has 0 atom stereocenters. The average Bonchev–Trinajstić information content (AvgIpc) is 2.56. The first-order valence-corrected chi connectivity index (χ1v) is 5.71. The maximum absolute atomic E-state index is 11.1. The smallest absolute Gasteiger partial charge is 0.337 e. The minimum absolute atomic E-state index is 0.239. The predicted octanol–water partition coefficient (Wildman–Crippen LogP) is 2.92. The van der Waals surface area contributed by atoms with E-state index >= 15 is 0 Å². The molecule has 2 heterocycles. The lowest BCUT2D eigenvalue weighted by Gasteiger charge is -2.04. The van der Waals surface area contributed by atoms with Crippen molar-refractivity contribution < 1.29 is 9.90 Å². The van der Waals surface area contributed by atoms with E-state index in [0.717, 1.165) is 5.82 Å². The van der Waals surface area contributed by atoms with E-state index in [9.17, 15) is 4.79 Å². The van der Waals surface area contributed by atoms with Crippen LogP contribution in [-0.4, -0.2) is 20.5 Å². The summed E-state index contributed by atoms with van der Waals surface area (Å²) in [7, 11) is 0. The molecule has 0 bridgehead atoms. The van der Waals surface area contributed by atoms with Crippen LogP contribution in [-0.2, 0) is 0 Å². The SMILES string of the molecule is CC(C)c1nc(Br)c2c(C(=O)O)cccn12. The summed E-state index contributed by atoms with van der Waals surface area (Å²) in [6, 6.07) is 3.30. The molecule has 84 valence electrons. The minimum Gasteiger partial charge on any atom is -0.478 e. The monoisotopic (exact) mass is 282 g/mol. The molecule has 2 aromatic rings. The van der Waals surface area contributed by atoms with Crippen molar-refractivity contribution in [3.05, 3.63) is 34.3 Å². The Hall–Kier alpha value is -1.36. The number of aromatic carboxylic acids is 1. The van der Waals surface area contributed by atoms with Crippen molar-refractivity contribution in [1.82, 2.24) is 9.38 Å². The third-order valence-corrected chi connectivity index (χ3v) is 2.95. The highest BCUT2D eigenvalue weighted by atomic mass is 79.9. The van der Waals surface area contributed by atoms with Crippen molar-refractivity contribution in [2.24, 2.45) is 0 Å². The maximum Gasteiger partial charge on any atom is 0.337 e. The summed E-state index contributed by atoms with van der Waals surface area (Å²) in [5.74, 6) is 0.148. The Morgan fingerprint density at radius 3 is 2.81 bits per heavy atom. The zero-order chi connectivity index (χ0) is 11.9. The average molecular weight is 283 g/mol. The molecule has 0 saturated carbocycles. The summed E-state index contributed by atoms with van der Waals surface area (Å²) in [6.07, 6.45) is 1.83. The lowest BCUT2D eigenvalue weighted by molar-refractivity contribution is 0.0698. The normalized spacial score (nSPS) is 11.2. The van der Waals surface area contributed by atoms with E-state index in [4.69, 9.17) is 5.11 Å². The predicted molar refractivity (Wildman–Crippen MR) is 63.9 cm³/mol. The van der Waals surface area contributed by atoms with Gasteiger partial charge in [-0.3, -0.25) is 0 Å². The summed E-state index contributed by atoms with van der Waals surface area (Å²) >= 11 is 3.31. The Balaban J connectivity index is 2.84. The van der Waals surface area contributed by atoms with Crippen LogP contribution in [0.25, 0.3) is 5.52 Å². The van der Waals surface area contributed by atoms with Crippen LogP contribution >= 0.6 is 15.9 Å². The number of halogens is 1. The highest BCUT2D eigenvalue weighted by Gasteiger charge is 2.17. The van der Waals surface area contributed by atoms with E-state index in [0.29, 0.717) is 10.1 Å². The third-order valence-electron chi connectivity index (χ3n) is 2.40. The van der Waals surface area contributed by atoms with Gasteiger partial charge in [-0.15, -0.1) is 0 Å². The Morgan fingerprint density at radius 1 is 1.56 bits per heavy atom.